The van der Waals surface area contributed by atoms with E-state index in [9.17, 15) is 9.90 Å². The normalized spacial score (nSPS) is 30.8. The third kappa shape index (κ3) is 0.952. The van der Waals surface area contributed by atoms with E-state index in [0.717, 1.165) is 12.8 Å². The van der Waals surface area contributed by atoms with Gasteiger partial charge in [-0.25, -0.2) is 0 Å². The highest BCUT2D eigenvalue weighted by Crippen LogP contribution is 2.73. The largest absolute Gasteiger partial charge is 0.481 e. The molecule has 84 valence electrons. The number of hydrogen-bond donors (Lipinski definition) is 1. The van der Waals surface area contributed by atoms with E-state index in [1.807, 2.05) is 19.9 Å². The van der Waals surface area contributed by atoms with Crippen LogP contribution >= 0.6 is 0 Å². The second-order valence-corrected chi connectivity index (χ2v) is 5.72. The molecule has 0 aromatic heterocycles. The van der Waals surface area contributed by atoms with Gasteiger partial charge in [-0.15, -0.1) is 0 Å². The van der Waals surface area contributed by atoms with Gasteiger partial charge in [-0.3, -0.25) is 4.79 Å². The van der Waals surface area contributed by atoms with E-state index in [-0.39, 0.29) is 5.41 Å². The van der Waals surface area contributed by atoms with Crippen LogP contribution < -0.4 is 0 Å². The maximum atomic E-state index is 11.4. The molecule has 0 spiro atoms. The van der Waals surface area contributed by atoms with Gasteiger partial charge >= 0.3 is 5.97 Å². The summed E-state index contributed by atoms with van der Waals surface area (Å²) in [6, 6.07) is 8.40. The van der Waals surface area contributed by atoms with E-state index in [1.54, 1.807) is 0 Å². The van der Waals surface area contributed by atoms with Crippen molar-refractivity contribution >= 4 is 5.97 Å². The molecule has 2 nitrogen and oxygen atoms in total. The molecular weight excluding hydrogens is 200 g/mol. The first-order valence-electron chi connectivity index (χ1n) is 5.80. The smallest absolute Gasteiger partial charge is 0.309 e. The maximum absolute atomic E-state index is 11.4. The first-order valence-corrected chi connectivity index (χ1v) is 5.80. The Labute approximate surface area is 95.3 Å². The Kier molecular flexibility index (Phi) is 1.65. The molecule has 0 aliphatic heterocycles. The highest BCUT2D eigenvalue weighted by molar-refractivity contribution is 5.77. The number of hydrogen-bond acceptors (Lipinski definition) is 1. The van der Waals surface area contributed by atoms with Crippen molar-refractivity contribution in [2.24, 2.45) is 10.8 Å². The van der Waals surface area contributed by atoms with Crippen LogP contribution in [0.5, 0.6) is 0 Å². The molecule has 1 fully saturated rings. The average molecular weight is 216 g/mol. The molecule has 2 aliphatic rings. The van der Waals surface area contributed by atoms with E-state index < -0.39 is 11.4 Å². The Balaban J connectivity index is 2.03. The van der Waals surface area contributed by atoms with Gasteiger partial charge in [-0.05, 0) is 49.1 Å². The summed E-state index contributed by atoms with van der Waals surface area (Å²) in [4.78, 5) is 11.4. The van der Waals surface area contributed by atoms with E-state index in [1.165, 1.54) is 11.1 Å². The van der Waals surface area contributed by atoms with Crippen LogP contribution in [0.1, 0.15) is 37.3 Å². The molecule has 2 heteroatoms. The summed E-state index contributed by atoms with van der Waals surface area (Å²) < 4.78 is 0. The zero-order valence-corrected chi connectivity index (χ0v) is 9.66. The van der Waals surface area contributed by atoms with Gasteiger partial charge in [-0.2, -0.15) is 0 Å². The molecule has 2 unspecified atom stereocenters. The lowest BCUT2D eigenvalue weighted by molar-refractivity contribution is -0.151. The minimum atomic E-state index is -0.664. The van der Waals surface area contributed by atoms with E-state index in [4.69, 9.17) is 0 Å². The fourth-order valence-corrected chi connectivity index (χ4v) is 3.41. The topological polar surface area (TPSA) is 37.3 Å². The molecule has 3 rings (SSSR count). The van der Waals surface area contributed by atoms with Crippen LogP contribution in [0.3, 0.4) is 0 Å². The monoisotopic (exact) mass is 216 g/mol. The number of carbonyl (C=O) groups is 1. The van der Waals surface area contributed by atoms with E-state index >= 15 is 0 Å². The lowest BCUT2D eigenvalue weighted by atomic mass is 9.73. The Bertz CT molecular complexity index is 475. The Morgan fingerprint density at radius 2 is 2.12 bits per heavy atom. The highest BCUT2D eigenvalue weighted by Gasteiger charge is 2.68. The Morgan fingerprint density at radius 1 is 1.44 bits per heavy atom. The second-order valence-electron chi connectivity index (χ2n) is 5.72. The Morgan fingerprint density at radius 3 is 2.75 bits per heavy atom. The number of fused-ring (bicyclic) bond motifs is 3. The van der Waals surface area contributed by atoms with Gasteiger partial charge in [0.05, 0.1) is 5.41 Å². The van der Waals surface area contributed by atoms with Crippen LogP contribution in [-0.2, 0) is 11.2 Å². The summed E-state index contributed by atoms with van der Waals surface area (Å²) in [6.07, 6.45) is 1.98. The first kappa shape index (κ1) is 9.88. The number of carboxylic acid groups (broad SMARTS) is 1. The molecule has 1 saturated carbocycles. The minimum absolute atomic E-state index is 0.0114. The average Bonchev–Trinajstić information content (AvgIpc) is 2.88. The van der Waals surface area contributed by atoms with Gasteiger partial charge in [0, 0.05) is 0 Å². The molecule has 0 saturated heterocycles. The van der Waals surface area contributed by atoms with Crippen LogP contribution in [0.2, 0.25) is 0 Å². The van der Waals surface area contributed by atoms with Crippen LogP contribution in [0, 0.1) is 10.8 Å². The van der Waals surface area contributed by atoms with Gasteiger partial charge < -0.3 is 5.11 Å². The fraction of sp³-hybridized carbons (Fsp3) is 0.500. The molecule has 1 aromatic rings. The van der Waals surface area contributed by atoms with E-state index in [2.05, 4.69) is 18.2 Å². The van der Waals surface area contributed by atoms with Gasteiger partial charge in [0.25, 0.3) is 0 Å². The zero-order valence-electron chi connectivity index (χ0n) is 9.66. The second kappa shape index (κ2) is 2.68. The van der Waals surface area contributed by atoms with Crippen molar-refractivity contribution in [1.29, 1.82) is 0 Å². The van der Waals surface area contributed by atoms with Gasteiger partial charge in [0.1, 0.15) is 0 Å². The SMILES string of the molecule is CC(C)(C(=O)O)C12Cc3ccccc3C1C2. The summed E-state index contributed by atoms with van der Waals surface area (Å²) in [7, 11) is 0. The number of carboxylic acids is 1. The third-order valence-electron chi connectivity index (χ3n) is 4.79. The van der Waals surface area contributed by atoms with Gasteiger partial charge in [-0.1, -0.05) is 24.3 Å². The number of benzene rings is 1. The summed E-state index contributed by atoms with van der Waals surface area (Å²) in [5, 5.41) is 9.37. The molecule has 0 heterocycles. The first-order chi connectivity index (χ1) is 7.49. The van der Waals surface area contributed by atoms with Crippen LogP contribution in [-0.4, -0.2) is 11.1 Å². The van der Waals surface area contributed by atoms with Crippen molar-refractivity contribution in [3.05, 3.63) is 35.4 Å². The van der Waals surface area contributed by atoms with Crippen LogP contribution in [0.15, 0.2) is 24.3 Å². The molecule has 1 N–H and O–H groups in total. The molecule has 0 radical (unpaired) electrons. The quantitative estimate of drug-likeness (QED) is 0.825. The summed E-state index contributed by atoms with van der Waals surface area (Å²) >= 11 is 0. The van der Waals surface area contributed by atoms with Crippen molar-refractivity contribution in [2.45, 2.75) is 32.6 Å². The van der Waals surface area contributed by atoms with Gasteiger partial charge in [0.2, 0.25) is 0 Å². The third-order valence-corrected chi connectivity index (χ3v) is 4.79. The van der Waals surface area contributed by atoms with E-state index in [0.29, 0.717) is 5.92 Å². The standard InChI is InChI=1S/C14H16O2/c1-13(2,12(15)16)14-7-9-5-3-4-6-10(9)11(14)8-14/h3-6,11H,7-8H2,1-2H3,(H,15,16). The fourth-order valence-electron chi connectivity index (χ4n) is 3.41. The molecule has 2 atom stereocenters. The number of rotatable bonds is 2. The highest BCUT2D eigenvalue weighted by atomic mass is 16.4. The molecule has 0 bridgehead atoms. The summed E-state index contributed by atoms with van der Waals surface area (Å²) in [5.41, 5.74) is 2.11. The lowest BCUT2D eigenvalue weighted by Gasteiger charge is -2.29. The predicted octanol–water partition coefficient (Wildman–Crippen LogP) is 2.83. The Hall–Kier alpha value is -1.31. The number of aliphatic carboxylic acids is 1. The molecule has 2 aliphatic carbocycles. The van der Waals surface area contributed by atoms with Crippen molar-refractivity contribution in [3.8, 4) is 0 Å². The zero-order chi connectivity index (χ0) is 11.6. The van der Waals surface area contributed by atoms with Crippen molar-refractivity contribution < 1.29 is 9.90 Å². The minimum Gasteiger partial charge on any atom is -0.481 e. The van der Waals surface area contributed by atoms with Crippen molar-refractivity contribution in [2.75, 3.05) is 0 Å². The van der Waals surface area contributed by atoms with Crippen molar-refractivity contribution in [1.82, 2.24) is 0 Å². The molecule has 16 heavy (non-hydrogen) atoms. The summed E-state index contributed by atoms with van der Waals surface area (Å²) in [5.74, 6) is -0.183. The molecular formula is C14H16O2. The summed E-state index contributed by atoms with van der Waals surface area (Å²) in [6.45, 7) is 3.75. The van der Waals surface area contributed by atoms with Crippen molar-refractivity contribution in [3.63, 3.8) is 0 Å². The predicted molar refractivity (Wildman–Crippen MR) is 61.4 cm³/mol. The maximum Gasteiger partial charge on any atom is 0.309 e. The van der Waals surface area contributed by atoms with Crippen LogP contribution in [0.4, 0.5) is 0 Å². The van der Waals surface area contributed by atoms with Crippen LogP contribution in [0.25, 0.3) is 0 Å². The molecule has 1 aromatic carbocycles. The van der Waals surface area contributed by atoms with Gasteiger partial charge in [0.15, 0.2) is 0 Å². The lowest BCUT2D eigenvalue weighted by Crippen LogP contribution is -2.35. The molecule has 0 amide bonds.